The van der Waals surface area contributed by atoms with Gasteiger partial charge in [-0.3, -0.25) is 9.59 Å². The third kappa shape index (κ3) is 3.88. The highest BCUT2D eigenvalue weighted by Gasteiger charge is 2.18. The Balaban J connectivity index is 2.37. The summed E-state index contributed by atoms with van der Waals surface area (Å²) in [5.74, 6) is 1.05. The number of rotatable bonds is 7. The predicted octanol–water partition coefficient (Wildman–Crippen LogP) is 3.18. The van der Waals surface area contributed by atoms with Crippen molar-refractivity contribution < 1.29 is 28.5 Å². The molecular weight excluding hydrogens is 338 g/mol. The van der Waals surface area contributed by atoms with Crippen LogP contribution in [0.15, 0.2) is 30.3 Å². The Morgan fingerprint density at radius 1 is 0.769 bits per heavy atom. The molecule has 0 heterocycles. The van der Waals surface area contributed by atoms with Gasteiger partial charge in [0.1, 0.15) is 5.75 Å². The van der Waals surface area contributed by atoms with Crippen molar-refractivity contribution in [3.8, 4) is 23.0 Å². The number of Topliss-reactive ketones (excluding diaryl/α,β-unsaturated/α-hetero) is 1. The summed E-state index contributed by atoms with van der Waals surface area (Å²) < 4.78 is 21.0. The molecule has 1 N–H and O–H groups in total. The van der Waals surface area contributed by atoms with Gasteiger partial charge in [-0.05, 0) is 37.3 Å². The van der Waals surface area contributed by atoms with E-state index in [1.165, 1.54) is 35.4 Å². The van der Waals surface area contributed by atoms with Crippen LogP contribution in [0.2, 0.25) is 0 Å². The number of ether oxygens (including phenoxy) is 4. The molecule has 7 nitrogen and oxygen atoms in total. The van der Waals surface area contributed by atoms with Gasteiger partial charge in [-0.2, -0.15) is 0 Å². The normalized spacial score (nSPS) is 10.0. The van der Waals surface area contributed by atoms with Crippen molar-refractivity contribution in [3.05, 3.63) is 41.5 Å². The Bertz CT molecular complexity index is 806. The van der Waals surface area contributed by atoms with Gasteiger partial charge in [0, 0.05) is 11.1 Å². The molecule has 26 heavy (non-hydrogen) atoms. The van der Waals surface area contributed by atoms with E-state index in [0.29, 0.717) is 39.8 Å². The van der Waals surface area contributed by atoms with E-state index < -0.39 is 5.91 Å². The van der Waals surface area contributed by atoms with Crippen LogP contribution in [0.5, 0.6) is 23.0 Å². The van der Waals surface area contributed by atoms with Crippen LogP contribution in [0.1, 0.15) is 27.6 Å². The van der Waals surface area contributed by atoms with Crippen molar-refractivity contribution in [1.29, 1.82) is 0 Å². The Kier molecular flexibility index (Phi) is 6.06. The minimum absolute atomic E-state index is 0.0918. The van der Waals surface area contributed by atoms with Crippen LogP contribution in [0.3, 0.4) is 0 Å². The van der Waals surface area contributed by atoms with Gasteiger partial charge >= 0.3 is 0 Å². The Morgan fingerprint density at radius 3 is 1.77 bits per heavy atom. The number of benzene rings is 2. The second-order valence-electron chi connectivity index (χ2n) is 5.34. The summed E-state index contributed by atoms with van der Waals surface area (Å²) in [4.78, 5) is 24.1. The van der Waals surface area contributed by atoms with Gasteiger partial charge in [0.05, 0.1) is 34.1 Å². The van der Waals surface area contributed by atoms with Crippen molar-refractivity contribution in [1.82, 2.24) is 0 Å². The average Bonchev–Trinajstić information content (AvgIpc) is 2.66. The van der Waals surface area contributed by atoms with Crippen molar-refractivity contribution in [2.75, 3.05) is 33.8 Å². The minimum atomic E-state index is -0.391. The molecule has 138 valence electrons. The van der Waals surface area contributed by atoms with Gasteiger partial charge < -0.3 is 24.3 Å². The third-order valence-corrected chi connectivity index (χ3v) is 3.78. The van der Waals surface area contributed by atoms with Crippen molar-refractivity contribution in [3.63, 3.8) is 0 Å². The van der Waals surface area contributed by atoms with E-state index in [9.17, 15) is 9.59 Å². The number of amides is 1. The molecule has 0 bridgehead atoms. The van der Waals surface area contributed by atoms with Crippen LogP contribution in [0.25, 0.3) is 0 Å². The smallest absolute Gasteiger partial charge is 0.256 e. The molecule has 0 aliphatic carbocycles. The first-order chi connectivity index (χ1) is 12.4. The lowest BCUT2D eigenvalue weighted by Gasteiger charge is -2.15. The fourth-order valence-electron chi connectivity index (χ4n) is 2.42. The molecule has 0 saturated carbocycles. The standard InChI is InChI=1S/C19H21NO6/c1-11(21)12-6-7-14(15(8-12)23-2)20-19(22)13-9-16(24-3)18(26-5)17(10-13)25-4/h6-10H,1-5H3,(H,20,22). The number of methoxy groups -OCH3 is 4. The zero-order valence-corrected chi connectivity index (χ0v) is 15.3. The molecule has 7 heteroatoms. The van der Waals surface area contributed by atoms with Gasteiger partial charge in [0.25, 0.3) is 5.91 Å². The highest BCUT2D eigenvalue weighted by atomic mass is 16.5. The maximum absolute atomic E-state index is 12.7. The molecule has 2 rings (SSSR count). The predicted molar refractivity (Wildman–Crippen MR) is 97.0 cm³/mol. The quantitative estimate of drug-likeness (QED) is 0.765. The van der Waals surface area contributed by atoms with Crippen LogP contribution in [-0.4, -0.2) is 40.1 Å². The summed E-state index contributed by atoms with van der Waals surface area (Å²) in [5, 5.41) is 2.76. The number of carbonyl (C=O) groups excluding carboxylic acids is 2. The van der Waals surface area contributed by atoms with Crippen molar-refractivity contribution in [2.24, 2.45) is 0 Å². The first-order valence-corrected chi connectivity index (χ1v) is 7.75. The van der Waals surface area contributed by atoms with E-state index in [0.717, 1.165) is 0 Å². The van der Waals surface area contributed by atoms with E-state index in [2.05, 4.69) is 5.32 Å². The molecule has 0 fully saturated rings. The molecular formula is C19H21NO6. The zero-order chi connectivity index (χ0) is 19.3. The van der Waals surface area contributed by atoms with E-state index in [-0.39, 0.29) is 5.78 Å². The van der Waals surface area contributed by atoms with Crippen LogP contribution in [0.4, 0.5) is 5.69 Å². The van der Waals surface area contributed by atoms with E-state index in [4.69, 9.17) is 18.9 Å². The molecule has 0 aliphatic rings. The molecule has 0 aliphatic heterocycles. The average molecular weight is 359 g/mol. The molecule has 0 aromatic heterocycles. The second kappa shape index (κ2) is 8.24. The van der Waals surface area contributed by atoms with Gasteiger partial charge in [0.2, 0.25) is 5.75 Å². The number of ketones is 1. The fraction of sp³-hybridized carbons (Fsp3) is 0.263. The highest BCUT2D eigenvalue weighted by molar-refractivity contribution is 6.06. The molecule has 0 atom stereocenters. The summed E-state index contributed by atoms with van der Waals surface area (Å²) in [5.41, 5.74) is 1.25. The third-order valence-electron chi connectivity index (χ3n) is 3.78. The van der Waals surface area contributed by atoms with Gasteiger partial charge in [0.15, 0.2) is 17.3 Å². The minimum Gasteiger partial charge on any atom is -0.495 e. The van der Waals surface area contributed by atoms with Crippen LogP contribution >= 0.6 is 0 Å². The van der Waals surface area contributed by atoms with Crippen LogP contribution < -0.4 is 24.3 Å². The molecule has 1 amide bonds. The molecule has 0 unspecified atom stereocenters. The number of hydrogen-bond acceptors (Lipinski definition) is 6. The van der Waals surface area contributed by atoms with Crippen molar-refractivity contribution in [2.45, 2.75) is 6.92 Å². The summed E-state index contributed by atoms with van der Waals surface area (Å²) in [7, 11) is 5.90. The Hall–Kier alpha value is -3.22. The molecule has 2 aromatic rings. The summed E-state index contributed by atoms with van der Waals surface area (Å²) >= 11 is 0. The van der Waals surface area contributed by atoms with Gasteiger partial charge in [-0.25, -0.2) is 0 Å². The lowest BCUT2D eigenvalue weighted by molar-refractivity contribution is 0.101. The number of nitrogens with one attached hydrogen (secondary N) is 1. The Morgan fingerprint density at radius 2 is 1.31 bits per heavy atom. The molecule has 0 spiro atoms. The summed E-state index contributed by atoms with van der Waals surface area (Å²) in [6.07, 6.45) is 0. The maximum atomic E-state index is 12.7. The number of carbonyl (C=O) groups is 2. The van der Waals surface area contributed by atoms with Gasteiger partial charge in [-0.15, -0.1) is 0 Å². The molecule has 2 aromatic carbocycles. The molecule has 0 radical (unpaired) electrons. The lowest BCUT2D eigenvalue weighted by atomic mass is 10.1. The number of anilines is 1. The number of hydrogen-bond donors (Lipinski definition) is 1. The van der Waals surface area contributed by atoms with E-state index in [1.807, 2.05) is 0 Å². The summed E-state index contributed by atoms with van der Waals surface area (Å²) in [6.45, 7) is 1.46. The highest BCUT2D eigenvalue weighted by Crippen LogP contribution is 2.38. The first-order valence-electron chi connectivity index (χ1n) is 7.75. The largest absolute Gasteiger partial charge is 0.495 e. The maximum Gasteiger partial charge on any atom is 0.256 e. The second-order valence-corrected chi connectivity index (χ2v) is 5.34. The summed E-state index contributed by atoms with van der Waals surface area (Å²) in [6, 6.07) is 7.91. The van der Waals surface area contributed by atoms with Crippen LogP contribution in [0, 0.1) is 0 Å². The lowest BCUT2D eigenvalue weighted by Crippen LogP contribution is -2.13. The molecule has 0 saturated heterocycles. The van der Waals surface area contributed by atoms with Crippen LogP contribution in [-0.2, 0) is 0 Å². The SMILES string of the molecule is COc1cc(C(C)=O)ccc1NC(=O)c1cc(OC)c(OC)c(OC)c1. The fourth-order valence-corrected chi connectivity index (χ4v) is 2.42. The Labute approximate surface area is 151 Å². The first kappa shape index (κ1) is 19.1. The van der Waals surface area contributed by atoms with Gasteiger partial charge in [-0.1, -0.05) is 0 Å². The van der Waals surface area contributed by atoms with Crippen molar-refractivity contribution >= 4 is 17.4 Å². The zero-order valence-electron chi connectivity index (χ0n) is 15.3. The monoisotopic (exact) mass is 359 g/mol. The van der Waals surface area contributed by atoms with E-state index in [1.54, 1.807) is 30.3 Å². The van der Waals surface area contributed by atoms with E-state index >= 15 is 0 Å². The topological polar surface area (TPSA) is 83.1 Å².